The second-order valence-corrected chi connectivity index (χ2v) is 7.09. The molecule has 0 radical (unpaired) electrons. The first-order valence-corrected chi connectivity index (χ1v) is 9.30. The van der Waals surface area contributed by atoms with Crippen LogP contribution < -0.4 is 11.1 Å². The molecule has 29 heavy (non-hydrogen) atoms. The van der Waals surface area contributed by atoms with Gasteiger partial charge in [0.2, 0.25) is 0 Å². The quantitative estimate of drug-likeness (QED) is 0.399. The predicted molar refractivity (Wildman–Crippen MR) is 107 cm³/mol. The molecule has 0 spiro atoms. The topological polar surface area (TPSA) is 129 Å². The van der Waals surface area contributed by atoms with E-state index in [0.717, 1.165) is 30.4 Å². The summed E-state index contributed by atoms with van der Waals surface area (Å²) in [5, 5.41) is 22.1. The average molecular weight is 392 g/mol. The number of non-ortho nitro benzene ring substituents is 1. The third-order valence-electron chi connectivity index (χ3n) is 5.18. The molecule has 0 aliphatic heterocycles. The summed E-state index contributed by atoms with van der Waals surface area (Å²) in [7, 11) is 0. The minimum Gasteiger partial charge on any atom is -0.399 e. The number of rotatable bonds is 4. The normalized spacial score (nSPS) is 15.6. The van der Waals surface area contributed by atoms with E-state index in [4.69, 9.17) is 5.73 Å². The first-order valence-electron chi connectivity index (χ1n) is 9.30. The molecule has 1 aromatic heterocycles. The Morgan fingerprint density at radius 2 is 2.14 bits per heavy atom. The third-order valence-corrected chi connectivity index (χ3v) is 5.18. The molecular formula is C20H20N6O3. The van der Waals surface area contributed by atoms with E-state index in [1.54, 1.807) is 19.1 Å². The molecule has 0 fully saturated rings. The molecule has 148 valence electrons. The molecule has 3 N–H and O–H groups in total. The van der Waals surface area contributed by atoms with Crippen LogP contribution in [0.25, 0.3) is 5.69 Å². The van der Waals surface area contributed by atoms with Gasteiger partial charge in [-0.15, -0.1) is 5.10 Å². The highest BCUT2D eigenvalue weighted by Crippen LogP contribution is 2.31. The van der Waals surface area contributed by atoms with Crippen LogP contribution in [0, 0.1) is 17.0 Å². The van der Waals surface area contributed by atoms with E-state index in [1.807, 2.05) is 18.2 Å². The zero-order chi connectivity index (χ0) is 20.5. The fourth-order valence-corrected chi connectivity index (χ4v) is 3.73. The summed E-state index contributed by atoms with van der Waals surface area (Å²) < 4.78 is 1.43. The average Bonchev–Trinajstić information content (AvgIpc) is 3.09. The number of benzene rings is 2. The Hall–Kier alpha value is -3.75. The molecule has 9 nitrogen and oxygen atoms in total. The molecule has 2 aromatic carbocycles. The van der Waals surface area contributed by atoms with Gasteiger partial charge in [0.05, 0.1) is 22.3 Å². The van der Waals surface area contributed by atoms with E-state index in [0.29, 0.717) is 17.1 Å². The number of hydrogen-bond acceptors (Lipinski definition) is 6. The summed E-state index contributed by atoms with van der Waals surface area (Å²) in [4.78, 5) is 23.4. The smallest absolute Gasteiger partial charge is 0.274 e. The van der Waals surface area contributed by atoms with Gasteiger partial charge in [-0.2, -0.15) is 0 Å². The highest BCUT2D eigenvalue weighted by Gasteiger charge is 2.25. The number of nitro groups is 1. The van der Waals surface area contributed by atoms with Gasteiger partial charge in [0.15, 0.2) is 5.69 Å². The standard InChI is InChI=1S/C20H20N6O3/c1-12-19(23-24-25(12)15-5-3-6-16(11-15)26(28)29)20(27)22-18-7-2-4-13-10-14(21)8-9-17(13)18/h3,5-6,8-11,18H,2,4,7,21H2,1H3,(H,22,27). The summed E-state index contributed by atoms with van der Waals surface area (Å²) in [6, 6.07) is 11.7. The number of carbonyl (C=O) groups excluding carboxylic acids is 1. The van der Waals surface area contributed by atoms with E-state index < -0.39 is 4.92 Å². The monoisotopic (exact) mass is 392 g/mol. The van der Waals surface area contributed by atoms with Gasteiger partial charge in [-0.05, 0) is 55.5 Å². The van der Waals surface area contributed by atoms with E-state index >= 15 is 0 Å². The number of nitrogens with one attached hydrogen (secondary N) is 1. The van der Waals surface area contributed by atoms with Gasteiger partial charge < -0.3 is 11.1 Å². The Labute approximate surface area is 166 Å². The molecule has 9 heteroatoms. The number of aryl methyl sites for hydroxylation is 1. The van der Waals surface area contributed by atoms with Crippen LogP contribution in [0.4, 0.5) is 11.4 Å². The maximum atomic E-state index is 12.9. The summed E-state index contributed by atoms with van der Waals surface area (Å²) >= 11 is 0. The molecule has 1 unspecified atom stereocenters. The van der Waals surface area contributed by atoms with Crippen LogP contribution in [0.15, 0.2) is 42.5 Å². The highest BCUT2D eigenvalue weighted by molar-refractivity contribution is 5.93. The van der Waals surface area contributed by atoms with Gasteiger partial charge in [0.1, 0.15) is 0 Å². The van der Waals surface area contributed by atoms with Gasteiger partial charge in [-0.3, -0.25) is 14.9 Å². The maximum absolute atomic E-state index is 12.9. The highest BCUT2D eigenvalue weighted by atomic mass is 16.6. The van der Waals surface area contributed by atoms with Crippen LogP contribution in [0.5, 0.6) is 0 Å². The summed E-state index contributed by atoms with van der Waals surface area (Å²) in [6.07, 6.45) is 2.73. The van der Waals surface area contributed by atoms with Crippen molar-refractivity contribution in [2.45, 2.75) is 32.2 Å². The molecule has 0 saturated heterocycles. The van der Waals surface area contributed by atoms with Crippen molar-refractivity contribution in [1.82, 2.24) is 20.3 Å². The second-order valence-electron chi connectivity index (χ2n) is 7.09. The van der Waals surface area contributed by atoms with Crippen LogP contribution in [0.2, 0.25) is 0 Å². The Balaban J connectivity index is 1.59. The van der Waals surface area contributed by atoms with Crippen LogP contribution >= 0.6 is 0 Å². The molecule has 1 atom stereocenters. The lowest BCUT2D eigenvalue weighted by molar-refractivity contribution is -0.384. The van der Waals surface area contributed by atoms with Crippen molar-refractivity contribution in [3.63, 3.8) is 0 Å². The Morgan fingerprint density at radius 3 is 2.93 bits per heavy atom. The molecular weight excluding hydrogens is 372 g/mol. The summed E-state index contributed by atoms with van der Waals surface area (Å²) in [6.45, 7) is 1.71. The molecule has 1 heterocycles. The Morgan fingerprint density at radius 1 is 1.31 bits per heavy atom. The van der Waals surface area contributed by atoms with Crippen molar-refractivity contribution in [2.75, 3.05) is 5.73 Å². The first kappa shape index (κ1) is 18.6. The van der Waals surface area contributed by atoms with Crippen LogP contribution in [0.1, 0.15) is 46.2 Å². The minimum absolute atomic E-state index is 0.0542. The number of nitrogens with zero attached hydrogens (tertiary/aromatic N) is 4. The Bertz CT molecular complexity index is 1110. The molecule has 1 aliphatic carbocycles. The van der Waals surface area contributed by atoms with Gasteiger partial charge in [0.25, 0.3) is 11.6 Å². The van der Waals surface area contributed by atoms with Crippen molar-refractivity contribution >= 4 is 17.3 Å². The number of aromatic nitrogens is 3. The zero-order valence-electron chi connectivity index (χ0n) is 15.8. The number of amides is 1. The number of carbonyl (C=O) groups is 1. The van der Waals surface area contributed by atoms with Crippen LogP contribution in [-0.2, 0) is 6.42 Å². The first-order chi connectivity index (χ1) is 13.9. The number of anilines is 1. The predicted octanol–water partition coefficient (Wildman–Crippen LogP) is 2.87. The van der Waals surface area contributed by atoms with Gasteiger partial charge in [-0.25, -0.2) is 4.68 Å². The summed E-state index contributed by atoms with van der Waals surface area (Å²) in [5.41, 5.74) is 9.94. The van der Waals surface area contributed by atoms with E-state index in [2.05, 4.69) is 15.6 Å². The molecule has 0 saturated carbocycles. The van der Waals surface area contributed by atoms with Gasteiger partial charge in [-0.1, -0.05) is 17.3 Å². The number of fused-ring (bicyclic) bond motifs is 1. The SMILES string of the molecule is Cc1c(C(=O)NC2CCCc3cc(N)ccc32)nnn1-c1cccc([N+](=O)[O-])c1. The van der Waals surface area contributed by atoms with Crippen molar-refractivity contribution < 1.29 is 9.72 Å². The Kier molecular flexibility index (Phi) is 4.71. The van der Waals surface area contributed by atoms with E-state index in [1.165, 1.54) is 16.8 Å². The minimum atomic E-state index is -0.476. The van der Waals surface area contributed by atoms with Crippen molar-refractivity contribution in [2.24, 2.45) is 0 Å². The van der Waals surface area contributed by atoms with Crippen molar-refractivity contribution in [3.05, 3.63) is 75.1 Å². The van der Waals surface area contributed by atoms with Crippen molar-refractivity contribution in [3.8, 4) is 5.69 Å². The number of nitrogen functional groups attached to an aromatic ring is 1. The third kappa shape index (κ3) is 3.54. The number of nitro benzene ring substituents is 1. The summed E-state index contributed by atoms with van der Waals surface area (Å²) in [5.74, 6) is -0.325. The van der Waals surface area contributed by atoms with Gasteiger partial charge in [0, 0.05) is 17.8 Å². The fraction of sp³-hybridized carbons (Fsp3) is 0.250. The molecule has 1 aliphatic rings. The maximum Gasteiger partial charge on any atom is 0.274 e. The lowest BCUT2D eigenvalue weighted by Gasteiger charge is -2.26. The van der Waals surface area contributed by atoms with E-state index in [9.17, 15) is 14.9 Å². The fourth-order valence-electron chi connectivity index (χ4n) is 3.73. The number of nitrogens with two attached hydrogens (primary N) is 1. The zero-order valence-corrected chi connectivity index (χ0v) is 15.8. The van der Waals surface area contributed by atoms with Crippen LogP contribution in [-0.4, -0.2) is 25.8 Å². The second kappa shape index (κ2) is 7.34. The molecule has 4 rings (SSSR count). The van der Waals surface area contributed by atoms with E-state index in [-0.39, 0.29) is 23.3 Å². The molecule has 0 bridgehead atoms. The van der Waals surface area contributed by atoms with Gasteiger partial charge >= 0.3 is 0 Å². The lowest BCUT2D eigenvalue weighted by Crippen LogP contribution is -2.31. The van der Waals surface area contributed by atoms with Crippen molar-refractivity contribution in [1.29, 1.82) is 0 Å². The largest absolute Gasteiger partial charge is 0.399 e. The lowest BCUT2D eigenvalue weighted by atomic mass is 9.87. The number of hydrogen-bond donors (Lipinski definition) is 2. The van der Waals surface area contributed by atoms with Crippen LogP contribution in [0.3, 0.4) is 0 Å². The molecule has 3 aromatic rings. The molecule has 1 amide bonds.